The van der Waals surface area contributed by atoms with Crippen LogP contribution in [0, 0.1) is 10.1 Å². The van der Waals surface area contributed by atoms with Crippen LogP contribution in [0.4, 0.5) is 11.4 Å². The maximum absolute atomic E-state index is 12.6. The quantitative estimate of drug-likeness (QED) is 0.538. The molecule has 0 heterocycles. The van der Waals surface area contributed by atoms with Gasteiger partial charge in [-0.3, -0.25) is 14.9 Å². The number of hydrogen-bond donors (Lipinski definition) is 1. The molecular formula is C20H24N2O4. The Morgan fingerprint density at radius 2 is 1.88 bits per heavy atom. The first-order valence-electron chi connectivity index (χ1n) is 8.77. The van der Waals surface area contributed by atoms with Crippen molar-refractivity contribution in [2.24, 2.45) is 0 Å². The number of nitro groups is 1. The Hall–Kier alpha value is -2.89. The average molecular weight is 356 g/mol. The van der Waals surface area contributed by atoms with Gasteiger partial charge in [0.15, 0.2) is 6.10 Å². The van der Waals surface area contributed by atoms with Crippen LogP contribution in [-0.2, 0) is 4.79 Å². The third-order valence-electron chi connectivity index (χ3n) is 4.32. The highest BCUT2D eigenvalue weighted by molar-refractivity contribution is 5.94. The van der Waals surface area contributed by atoms with E-state index in [1.54, 1.807) is 6.07 Å². The van der Waals surface area contributed by atoms with Crippen molar-refractivity contribution in [2.75, 3.05) is 5.32 Å². The Balaban J connectivity index is 2.15. The van der Waals surface area contributed by atoms with E-state index in [4.69, 9.17) is 4.74 Å². The minimum absolute atomic E-state index is 0.0705. The lowest BCUT2D eigenvalue weighted by atomic mass is 9.98. The van der Waals surface area contributed by atoms with Crippen LogP contribution in [0.5, 0.6) is 5.75 Å². The Kier molecular flexibility index (Phi) is 6.72. The fourth-order valence-electron chi connectivity index (χ4n) is 2.61. The summed E-state index contributed by atoms with van der Waals surface area (Å²) in [5, 5.41) is 13.6. The van der Waals surface area contributed by atoms with E-state index in [1.807, 2.05) is 31.2 Å². The zero-order chi connectivity index (χ0) is 19.1. The smallest absolute Gasteiger partial charge is 0.271 e. The van der Waals surface area contributed by atoms with E-state index in [0.29, 0.717) is 23.8 Å². The zero-order valence-corrected chi connectivity index (χ0v) is 15.3. The molecule has 0 bridgehead atoms. The molecule has 0 aliphatic heterocycles. The molecule has 1 amide bonds. The molecule has 0 saturated heterocycles. The summed E-state index contributed by atoms with van der Waals surface area (Å²) in [6, 6.07) is 13.6. The van der Waals surface area contributed by atoms with Crippen molar-refractivity contribution in [2.45, 2.75) is 45.6 Å². The summed E-state index contributed by atoms with van der Waals surface area (Å²) in [7, 11) is 0. The second-order valence-corrected chi connectivity index (χ2v) is 6.16. The summed E-state index contributed by atoms with van der Waals surface area (Å²) >= 11 is 0. The number of non-ortho nitro benzene ring substituents is 1. The molecule has 0 saturated carbocycles. The number of nitrogens with zero attached hydrogens (tertiary/aromatic N) is 1. The summed E-state index contributed by atoms with van der Waals surface area (Å²) in [6.45, 7) is 6.09. The minimum Gasteiger partial charge on any atom is -0.480 e. The lowest BCUT2D eigenvalue weighted by Gasteiger charge is -2.21. The monoisotopic (exact) mass is 356 g/mol. The van der Waals surface area contributed by atoms with Crippen molar-refractivity contribution in [3.8, 4) is 5.75 Å². The van der Waals surface area contributed by atoms with Crippen molar-refractivity contribution >= 4 is 17.3 Å². The van der Waals surface area contributed by atoms with Crippen LogP contribution < -0.4 is 10.1 Å². The summed E-state index contributed by atoms with van der Waals surface area (Å²) in [5.74, 6) is 0.693. The van der Waals surface area contributed by atoms with Crippen LogP contribution in [0.3, 0.4) is 0 Å². The first-order chi connectivity index (χ1) is 12.5. The van der Waals surface area contributed by atoms with Crippen LogP contribution in [0.2, 0.25) is 0 Å². The predicted octanol–water partition coefficient (Wildman–Crippen LogP) is 4.90. The van der Waals surface area contributed by atoms with Gasteiger partial charge in [-0.05, 0) is 36.5 Å². The predicted molar refractivity (Wildman–Crippen MR) is 102 cm³/mol. The van der Waals surface area contributed by atoms with Gasteiger partial charge in [0, 0.05) is 17.8 Å². The Morgan fingerprint density at radius 3 is 2.54 bits per heavy atom. The van der Waals surface area contributed by atoms with Crippen molar-refractivity contribution in [1.29, 1.82) is 0 Å². The molecule has 0 radical (unpaired) electrons. The van der Waals surface area contributed by atoms with E-state index >= 15 is 0 Å². The Bertz CT molecular complexity index is 776. The molecule has 2 unspecified atom stereocenters. The largest absolute Gasteiger partial charge is 0.480 e. The molecule has 6 nitrogen and oxygen atoms in total. The first kappa shape index (κ1) is 19.4. The molecule has 2 atom stereocenters. The molecule has 0 aliphatic rings. The molecule has 0 fully saturated rings. The van der Waals surface area contributed by atoms with Gasteiger partial charge in [-0.25, -0.2) is 0 Å². The highest BCUT2D eigenvalue weighted by Crippen LogP contribution is 2.29. The van der Waals surface area contributed by atoms with E-state index in [1.165, 1.54) is 18.2 Å². The number of anilines is 1. The van der Waals surface area contributed by atoms with Crippen molar-refractivity contribution in [3.63, 3.8) is 0 Å². The Morgan fingerprint density at radius 1 is 1.15 bits per heavy atom. The van der Waals surface area contributed by atoms with Crippen LogP contribution >= 0.6 is 0 Å². The molecule has 26 heavy (non-hydrogen) atoms. The number of amides is 1. The van der Waals surface area contributed by atoms with Crippen LogP contribution in [0.25, 0.3) is 0 Å². The van der Waals surface area contributed by atoms with Gasteiger partial charge in [0.2, 0.25) is 0 Å². The van der Waals surface area contributed by atoms with Crippen molar-refractivity contribution in [1.82, 2.24) is 0 Å². The maximum Gasteiger partial charge on any atom is 0.271 e. The molecular weight excluding hydrogens is 332 g/mol. The lowest BCUT2D eigenvalue weighted by Crippen LogP contribution is -2.32. The first-order valence-corrected chi connectivity index (χ1v) is 8.77. The van der Waals surface area contributed by atoms with Crippen LogP contribution in [0.1, 0.15) is 45.1 Å². The van der Waals surface area contributed by atoms with E-state index in [9.17, 15) is 14.9 Å². The highest BCUT2D eigenvalue weighted by atomic mass is 16.6. The number of nitro benzene ring substituents is 1. The van der Waals surface area contributed by atoms with Gasteiger partial charge in [0.05, 0.1) is 4.92 Å². The molecule has 2 aromatic rings. The van der Waals surface area contributed by atoms with Gasteiger partial charge in [-0.15, -0.1) is 0 Å². The van der Waals surface area contributed by atoms with E-state index in [-0.39, 0.29) is 11.6 Å². The lowest BCUT2D eigenvalue weighted by molar-refractivity contribution is -0.384. The average Bonchev–Trinajstić information content (AvgIpc) is 2.65. The second kappa shape index (κ2) is 8.99. The minimum atomic E-state index is -0.681. The number of hydrogen-bond acceptors (Lipinski definition) is 4. The standard InChI is InChI=1S/C20H24N2O4/c1-4-14(3)17-11-6-7-12-19(17)26-18(5-2)20(23)21-15-9-8-10-16(13-15)22(24)25/h6-14,18H,4-5H2,1-3H3,(H,21,23). The Labute approximate surface area is 153 Å². The number of rotatable bonds is 8. The normalized spacial score (nSPS) is 12.9. The van der Waals surface area contributed by atoms with E-state index < -0.39 is 11.0 Å². The topological polar surface area (TPSA) is 81.5 Å². The van der Waals surface area contributed by atoms with Crippen molar-refractivity contribution in [3.05, 3.63) is 64.2 Å². The summed E-state index contributed by atoms with van der Waals surface area (Å²) in [5.41, 5.74) is 1.37. The maximum atomic E-state index is 12.6. The van der Waals surface area contributed by atoms with Gasteiger partial charge in [-0.2, -0.15) is 0 Å². The molecule has 6 heteroatoms. The van der Waals surface area contributed by atoms with Gasteiger partial charge >= 0.3 is 0 Å². The van der Waals surface area contributed by atoms with Gasteiger partial charge in [0.25, 0.3) is 11.6 Å². The van der Waals surface area contributed by atoms with Gasteiger partial charge < -0.3 is 10.1 Å². The molecule has 0 aliphatic carbocycles. The highest BCUT2D eigenvalue weighted by Gasteiger charge is 2.21. The summed E-state index contributed by atoms with van der Waals surface area (Å²) < 4.78 is 5.98. The number of benzene rings is 2. The molecule has 2 rings (SSSR count). The number of para-hydroxylation sites is 1. The number of carbonyl (C=O) groups excluding carboxylic acids is 1. The molecule has 138 valence electrons. The zero-order valence-electron chi connectivity index (χ0n) is 15.3. The van der Waals surface area contributed by atoms with Gasteiger partial charge in [-0.1, -0.05) is 45.0 Å². The van der Waals surface area contributed by atoms with E-state index in [2.05, 4.69) is 19.2 Å². The SMILES string of the molecule is CCC(Oc1ccccc1C(C)CC)C(=O)Nc1cccc([N+](=O)[O-])c1. The second-order valence-electron chi connectivity index (χ2n) is 6.16. The van der Waals surface area contributed by atoms with Crippen molar-refractivity contribution < 1.29 is 14.5 Å². The number of ether oxygens (including phenoxy) is 1. The third kappa shape index (κ3) is 4.81. The number of carbonyl (C=O) groups is 1. The third-order valence-corrected chi connectivity index (χ3v) is 4.32. The van der Waals surface area contributed by atoms with Gasteiger partial charge in [0.1, 0.15) is 5.75 Å². The summed E-state index contributed by atoms with van der Waals surface area (Å²) in [6.07, 6.45) is 0.770. The van der Waals surface area contributed by atoms with Crippen LogP contribution in [-0.4, -0.2) is 16.9 Å². The summed E-state index contributed by atoms with van der Waals surface area (Å²) in [4.78, 5) is 22.9. The molecule has 0 spiro atoms. The number of nitrogens with one attached hydrogen (secondary N) is 1. The molecule has 0 aromatic heterocycles. The molecule has 2 aromatic carbocycles. The fourth-order valence-corrected chi connectivity index (χ4v) is 2.61. The van der Waals surface area contributed by atoms with Crippen LogP contribution in [0.15, 0.2) is 48.5 Å². The van der Waals surface area contributed by atoms with E-state index in [0.717, 1.165) is 12.0 Å². The fraction of sp³-hybridized carbons (Fsp3) is 0.350. The molecule has 1 N–H and O–H groups in total.